The number of carbonyl (C=O) groups is 2. The zero-order chi connectivity index (χ0) is 15.2. The number of rotatable bonds is 6. The fraction of sp³-hybridized carbons (Fsp3) is 0.222. The molecule has 0 amide bonds. The van der Waals surface area contributed by atoms with E-state index in [-0.39, 0.29) is 16.9 Å². The number of carbonyl (C=O) groups excluding carboxylic acids is 1. The summed E-state index contributed by atoms with van der Waals surface area (Å²) in [6, 6.07) is 13.8. The Labute approximate surface area is 124 Å². The highest BCUT2D eigenvalue weighted by molar-refractivity contribution is 6.14. The molecule has 0 spiro atoms. The Hall–Kier alpha value is -2.42. The van der Waals surface area contributed by atoms with Crippen molar-refractivity contribution in [2.24, 2.45) is 0 Å². The van der Waals surface area contributed by atoms with Crippen molar-refractivity contribution in [2.45, 2.75) is 26.2 Å². The Morgan fingerprint density at radius 3 is 2.38 bits per heavy atom. The van der Waals surface area contributed by atoms with Gasteiger partial charge in [0.05, 0.1) is 5.56 Å². The predicted molar refractivity (Wildman–Crippen MR) is 81.9 cm³/mol. The molecular weight excluding hydrogens is 264 g/mol. The third-order valence-corrected chi connectivity index (χ3v) is 3.41. The Bertz CT molecular complexity index is 659. The van der Waals surface area contributed by atoms with Crippen LogP contribution in [0.2, 0.25) is 0 Å². The number of hydrogen-bond acceptors (Lipinski definition) is 2. The first kappa shape index (κ1) is 15.0. The number of aryl methyl sites for hydroxylation is 1. The molecule has 0 heterocycles. The van der Waals surface area contributed by atoms with Crippen molar-refractivity contribution in [1.82, 2.24) is 0 Å². The highest BCUT2D eigenvalue weighted by atomic mass is 16.4. The fourth-order valence-corrected chi connectivity index (χ4v) is 2.27. The Kier molecular flexibility index (Phi) is 4.88. The number of carboxylic acid groups (broad SMARTS) is 1. The topological polar surface area (TPSA) is 54.4 Å². The lowest BCUT2D eigenvalue weighted by Gasteiger charge is -2.07. The smallest absolute Gasteiger partial charge is 0.336 e. The molecule has 0 radical (unpaired) electrons. The molecule has 0 saturated heterocycles. The van der Waals surface area contributed by atoms with Crippen LogP contribution in [-0.4, -0.2) is 16.9 Å². The maximum atomic E-state index is 12.5. The lowest BCUT2D eigenvalue weighted by Crippen LogP contribution is -2.09. The second-order valence-electron chi connectivity index (χ2n) is 4.98. The molecule has 2 aromatic carbocycles. The minimum absolute atomic E-state index is 0.0430. The van der Waals surface area contributed by atoms with Crippen molar-refractivity contribution < 1.29 is 14.7 Å². The summed E-state index contributed by atoms with van der Waals surface area (Å²) in [5.74, 6) is -1.33. The summed E-state index contributed by atoms with van der Waals surface area (Å²) < 4.78 is 0. The first-order chi connectivity index (χ1) is 10.1. The van der Waals surface area contributed by atoms with Gasteiger partial charge in [0.2, 0.25) is 0 Å². The van der Waals surface area contributed by atoms with Crippen LogP contribution < -0.4 is 0 Å². The molecule has 2 aromatic rings. The number of benzene rings is 2. The van der Waals surface area contributed by atoms with E-state index in [4.69, 9.17) is 0 Å². The van der Waals surface area contributed by atoms with E-state index in [1.54, 1.807) is 24.3 Å². The van der Waals surface area contributed by atoms with E-state index in [2.05, 4.69) is 6.92 Å². The average molecular weight is 282 g/mol. The lowest BCUT2D eigenvalue weighted by molar-refractivity contribution is 0.0693. The van der Waals surface area contributed by atoms with Gasteiger partial charge < -0.3 is 5.11 Å². The molecule has 0 fully saturated rings. The first-order valence-electron chi connectivity index (χ1n) is 7.09. The number of carboxylic acids is 1. The quantitative estimate of drug-likeness (QED) is 0.816. The normalized spacial score (nSPS) is 10.3. The van der Waals surface area contributed by atoms with Crippen LogP contribution in [0.15, 0.2) is 48.5 Å². The molecule has 0 aromatic heterocycles. The molecule has 3 heteroatoms. The number of unbranched alkanes of at least 4 members (excludes halogenated alkanes) is 1. The van der Waals surface area contributed by atoms with Crippen LogP contribution in [0, 0.1) is 0 Å². The largest absolute Gasteiger partial charge is 0.478 e. The van der Waals surface area contributed by atoms with Crippen molar-refractivity contribution in [1.29, 1.82) is 0 Å². The van der Waals surface area contributed by atoms with Crippen LogP contribution in [0.5, 0.6) is 0 Å². The molecule has 1 N–H and O–H groups in total. The summed E-state index contributed by atoms with van der Waals surface area (Å²) in [6.45, 7) is 2.12. The maximum absolute atomic E-state index is 12.5. The van der Waals surface area contributed by atoms with Gasteiger partial charge in [0.1, 0.15) is 0 Å². The monoisotopic (exact) mass is 282 g/mol. The van der Waals surface area contributed by atoms with Gasteiger partial charge >= 0.3 is 5.97 Å². The number of aromatic carboxylic acids is 1. The van der Waals surface area contributed by atoms with Crippen molar-refractivity contribution in [3.8, 4) is 0 Å². The summed E-state index contributed by atoms with van der Waals surface area (Å²) in [6.07, 6.45) is 3.10. The SMILES string of the molecule is CCCCc1cccc(C(=O)c2ccccc2C(=O)O)c1. The second-order valence-corrected chi connectivity index (χ2v) is 4.98. The van der Waals surface area contributed by atoms with Crippen LogP contribution in [0.3, 0.4) is 0 Å². The Morgan fingerprint density at radius 1 is 1.00 bits per heavy atom. The van der Waals surface area contributed by atoms with Crippen LogP contribution in [-0.2, 0) is 6.42 Å². The van der Waals surface area contributed by atoms with E-state index in [9.17, 15) is 14.7 Å². The summed E-state index contributed by atoms with van der Waals surface area (Å²) in [4.78, 5) is 23.7. The summed E-state index contributed by atoms with van der Waals surface area (Å²) >= 11 is 0. The van der Waals surface area contributed by atoms with E-state index >= 15 is 0 Å². The molecule has 2 rings (SSSR count). The number of hydrogen-bond donors (Lipinski definition) is 1. The third kappa shape index (κ3) is 3.57. The molecule has 108 valence electrons. The first-order valence-corrected chi connectivity index (χ1v) is 7.09. The highest BCUT2D eigenvalue weighted by Gasteiger charge is 2.17. The highest BCUT2D eigenvalue weighted by Crippen LogP contribution is 2.17. The van der Waals surface area contributed by atoms with Crippen molar-refractivity contribution >= 4 is 11.8 Å². The molecular formula is C18H18O3. The maximum Gasteiger partial charge on any atom is 0.336 e. The minimum atomic E-state index is -1.08. The van der Waals surface area contributed by atoms with Crippen LogP contribution in [0.1, 0.15) is 51.6 Å². The Balaban J connectivity index is 2.34. The molecule has 21 heavy (non-hydrogen) atoms. The second kappa shape index (κ2) is 6.84. The van der Waals surface area contributed by atoms with Gasteiger partial charge in [-0.05, 0) is 30.5 Å². The van der Waals surface area contributed by atoms with Gasteiger partial charge in [-0.1, -0.05) is 49.7 Å². The van der Waals surface area contributed by atoms with E-state index in [1.165, 1.54) is 6.07 Å². The molecule has 0 aliphatic rings. The van der Waals surface area contributed by atoms with Gasteiger partial charge in [-0.25, -0.2) is 4.79 Å². The zero-order valence-corrected chi connectivity index (χ0v) is 12.0. The number of ketones is 1. The summed E-state index contributed by atoms with van der Waals surface area (Å²) in [7, 11) is 0. The molecule has 3 nitrogen and oxygen atoms in total. The zero-order valence-electron chi connectivity index (χ0n) is 12.0. The predicted octanol–water partition coefficient (Wildman–Crippen LogP) is 3.96. The molecule has 0 aliphatic heterocycles. The summed E-state index contributed by atoms with van der Waals surface area (Å²) in [5.41, 5.74) is 1.92. The molecule has 0 unspecified atom stereocenters. The van der Waals surface area contributed by atoms with Gasteiger partial charge in [-0.2, -0.15) is 0 Å². The van der Waals surface area contributed by atoms with E-state index in [0.29, 0.717) is 5.56 Å². The van der Waals surface area contributed by atoms with Crippen LogP contribution in [0.4, 0.5) is 0 Å². The average Bonchev–Trinajstić information content (AvgIpc) is 2.52. The van der Waals surface area contributed by atoms with Gasteiger partial charge in [0.15, 0.2) is 5.78 Å². The fourth-order valence-electron chi connectivity index (χ4n) is 2.27. The standard InChI is InChI=1S/C18H18O3/c1-2-3-7-13-8-6-9-14(12-13)17(19)15-10-4-5-11-16(15)18(20)21/h4-6,8-12H,2-3,7H2,1H3,(H,20,21). The minimum Gasteiger partial charge on any atom is -0.478 e. The van der Waals surface area contributed by atoms with Crippen LogP contribution >= 0.6 is 0 Å². The lowest BCUT2D eigenvalue weighted by atomic mass is 9.96. The van der Waals surface area contributed by atoms with Gasteiger partial charge in [-0.15, -0.1) is 0 Å². The van der Waals surface area contributed by atoms with E-state index in [0.717, 1.165) is 24.8 Å². The van der Waals surface area contributed by atoms with Crippen molar-refractivity contribution in [2.75, 3.05) is 0 Å². The van der Waals surface area contributed by atoms with E-state index < -0.39 is 5.97 Å². The molecule has 0 atom stereocenters. The van der Waals surface area contributed by atoms with Gasteiger partial charge in [0.25, 0.3) is 0 Å². The van der Waals surface area contributed by atoms with Crippen molar-refractivity contribution in [3.63, 3.8) is 0 Å². The van der Waals surface area contributed by atoms with Gasteiger partial charge in [-0.3, -0.25) is 4.79 Å². The molecule has 0 saturated carbocycles. The van der Waals surface area contributed by atoms with E-state index in [1.807, 2.05) is 18.2 Å². The third-order valence-electron chi connectivity index (χ3n) is 3.41. The Morgan fingerprint density at radius 2 is 1.71 bits per heavy atom. The molecule has 0 aliphatic carbocycles. The van der Waals surface area contributed by atoms with Crippen LogP contribution in [0.25, 0.3) is 0 Å². The summed E-state index contributed by atoms with van der Waals surface area (Å²) in [5, 5.41) is 9.18. The molecule has 0 bridgehead atoms. The van der Waals surface area contributed by atoms with Gasteiger partial charge in [0, 0.05) is 11.1 Å². The van der Waals surface area contributed by atoms with Crippen molar-refractivity contribution in [3.05, 3.63) is 70.8 Å².